The Labute approximate surface area is 176 Å². The summed E-state index contributed by atoms with van der Waals surface area (Å²) in [5.41, 5.74) is 1.89. The van der Waals surface area contributed by atoms with E-state index < -0.39 is 0 Å². The van der Waals surface area contributed by atoms with Gasteiger partial charge in [0, 0.05) is 30.9 Å². The topological polar surface area (TPSA) is 69.6 Å². The van der Waals surface area contributed by atoms with Gasteiger partial charge < -0.3 is 19.4 Å². The third-order valence-corrected chi connectivity index (χ3v) is 4.93. The van der Waals surface area contributed by atoms with E-state index in [-0.39, 0.29) is 18.1 Å². The monoisotopic (exact) mass is 408 g/mol. The first-order valence-electron chi connectivity index (χ1n) is 10.2. The molecule has 3 aromatic rings. The quantitative estimate of drug-likeness (QED) is 0.550. The van der Waals surface area contributed by atoms with E-state index in [4.69, 9.17) is 9.47 Å². The van der Waals surface area contributed by atoms with Crippen molar-refractivity contribution in [3.63, 3.8) is 0 Å². The summed E-state index contributed by atoms with van der Waals surface area (Å²) >= 11 is 0. The number of aryl methyl sites for hydroxylation is 1. The smallest absolute Gasteiger partial charge is 0.262 e. The van der Waals surface area contributed by atoms with Crippen LogP contribution in [0.1, 0.15) is 25.3 Å². The number of rotatable bonds is 10. The molecule has 2 aromatic carbocycles. The van der Waals surface area contributed by atoms with Crippen LogP contribution in [-0.4, -0.2) is 30.8 Å². The molecule has 1 heterocycles. The van der Waals surface area contributed by atoms with E-state index in [2.05, 4.69) is 12.2 Å². The fourth-order valence-corrected chi connectivity index (χ4v) is 3.26. The van der Waals surface area contributed by atoms with E-state index in [1.165, 1.54) is 5.56 Å². The maximum Gasteiger partial charge on any atom is 0.262 e. The summed E-state index contributed by atoms with van der Waals surface area (Å²) in [6, 6.07) is 15.0. The molecular weight excluding hydrogens is 380 g/mol. The lowest BCUT2D eigenvalue weighted by Crippen LogP contribution is -2.22. The molecule has 0 atom stereocenters. The number of unbranched alkanes of at least 4 members (excludes halogenated alkanes) is 1. The summed E-state index contributed by atoms with van der Waals surface area (Å²) < 4.78 is 12.4. The van der Waals surface area contributed by atoms with Crippen LogP contribution >= 0.6 is 0 Å². The fraction of sp³-hybridized carbons (Fsp3) is 0.333. The van der Waals surface area contributed by atoms with Gasteiger partial charge >= 0.3 is 0 Å². The van der Waals surface area contributed by atoms with Crippen LogP contribution in [0.15, 0.2) is 59.5 Å². The summed E-state index contributed by atoms with van der Waals surface area (Å²) in [6.07, 6.45) is 5.08. The number of pyridine rings is 1. The highest BCUT2D eigenvalue weighted by Crippen LogP contribution is 2.23. The molecule has 1 amide bonds. The van der Waals surface area contributed by atoms with Crippen molar-refractivity contribution in [1.82, 2.24) is 4.57 Å². The number of hydrogen-bond acceptors (Lipinski definition) is 4. The fourth-order valence-electron chi connectivity index (χ4n) is 3.26. The van der Waals surface area contributed by atoms with Gasteiger partial charge in [-0.2, -0.15) is 0 Å². The Morgan fingerprint density at radius 2 is 1.87 bits per heavy atom. The predicted octanol–water partition coefficient (Wildman–Crippen LogP) is 4.01. The average molecular weight is 408 g/mol. The number of aromatic nitrogens is 1. The van der Waals surface area contributed by atoms with Crippen LogP contribution in [0.2, 0.25) is 0 Å². The van der Waals surface area contributed by atoms with Gasteiger partial charge in [0.15, 0.2) is 6.61 Å². The van der Waals surface area contributed by atoms with Crippen LogP contribution in [0.25, 0.3) is 10.8 Å². The molecule has 158 valence electrons. The minimum Gasteiger partial charge on any atom is -0.483 e. The average Bonchev–Trinajstić information content (AvgIpc) is 2.77. The van der Waals surface area contributed by atoms with Gasteiger partial charge in [-0.3, -0.25) is 9.59 Å². The number of carbonyl (C=O) groups excluding carboxylic acids is 1. The van der Waals surface area contributed by atoms with Crippen LogP contribution in [0.3, 0.4) is 0 Å². The summed E-state index contributed by atoms with van der Waals surface area (Å²) in [5, 5.41) is 4.08. The van der Waals surface area contributed by atoms with Crippen molar-refractivity contribution in [1.29, 1.82) is 0 Å². The van der Waals surface area contributed by atoms with Gasteiger partial charge in [-0.15, -0.1) is 0 Å². The Kier molecular flexibility index (Phi) is 7.63. The Hall–Kier alpha value is -3.12. The van der Waals surface area contributed by atoms with Gasteiger partial charge in [0.05, 0.1) is 12.0 Å². The first-order valence-corrected chi connectivity index (χ1v) is 10.2. The molecule has 3 rings (SSSR count). The predicted molar refractivity (Wildman–Crippen MR) is 119 cm³/mol. The maximum atomic E-state index is 12.6. The third-order valence-electron chi connectivity index (χ3n) is 4.93. The number of nitrogens with zero attached hydrogens (tertiary/aromatic N) is 1. The van der Waals surface area contributed by atoms with Crippen molar-refractivity contribution in [3.8, 4) is 5.75 Å². The molecule has 0 bridgehead atoms. The molecule has 0 spiro atoms. The number of hydrogen-bond donors (Lipinski definition) is 1. The first kappa shape index (κ1) is 21.6. The minimum atomic E-state index is -0.248. The molecule has 0 saturated carbocycles. The Bertz CT molecular complexity index is 1040. The zero-order valence-electron chi connectivity index (χ0n) is 17.5. The number of benzene rings is 2. The standard InChI is InChI=1S/C24H28N2O4/c1-3-4-6-18-9-11-19(12-10-18)25-23(27)17-30-22-8-5-7-21-20(22)13-14-26(24(21)28)15-16-29-2/h5,7-14H,3-4,6,15-17H2,1-2H3,(H,25,27). The minimum absolute atomic E-state index is 0.109. The Morgan fingerprint density at radius 3 is 2.60 bits per heavy atom. The normalized spacial score (nSPS) is 10.9. The van der Waals surface area contributed by atoms with Crippen LogP contribution in [0.4, 0.5) is 5.69 Å². The number of nitrogens with one attached hydrogen (secondary N) is 1. The molecule has 0 aliphatic rings. The van der Waals surface area contributed by atoms with E-state index in [1.807, 2.05) is 30.3 Å². The van der Waals surface area contributed by atoms with Crippen LogP contribution in [0.5, 0.6) is 5.75 Å². The van der Waals surface area contributed by atoms with Gasteiger partial charge in [-0.25, -0.2) is 0 Å². The summed E-state index contributed by atoms with van der Waals surface area (Å²) in [5.74, 6) is 0.260. The van der Waals surface area contributed by atoms with Gasteiger partial charge in [-0.1, -0.05) is 31.5 Å². The number of anilines is 1. The van der Waals surface area contributed by atoms with Crippen molar-refractivity contribution >= 4 is 22.4 Å². The van der Waals surface area contributed by atoms with Crippen LogP contribution < -0.4 is 15.6 Å². The third kappa shape index (κ3) is 5.48. The second-order valence-electron chi connectivity index (χ2n) is 7.16. The summed E-state index contributed by atoms with van der Waals surface area (Å²) in [6.45, 7) is 2.97. The van der Waals surface area contributed by atoms with Crippen molar-refractivity contribution in [3.05, 3.63) is 70.6 Å². The summed E-state index contributed by atoms with van der Waals surface area (Å²) in [4.78, 5) is 24.9. The molecular formula is C24H28N2O4. The zero-order chi connectivity index (χ0) is 21.3. The molecule has 0 radical (unpaired) electrons. The number of amides is 1. The highest BCUT2D eigenvalue weighted by molar-refractivity contribution is 5.92. The molecule has 6 nitrogen and oxygen atoms in total. The van der Waals surface area contributed by atoms with Crippen molar-refractivity contribution < 1.29 is 14.3 Å². The molecule has 1 aromatic heterocycles. The highest BCUT2D eigenvalue weighted by Gasteiger charge is 2.10. The number of ether oxygens (including phenoxy) is 2. The van der Waals surface area contributed by atoms with E-state index in [1.54, 1.807) is 36.1 Å². The lowest BCUT2D eigenvalue weighted by Gasteiger charge is -2.12. The summed E-state index contributed by atoms with van der Waals surface area (Å²) in [7, 11) is 1.60. The molecule has 0 fully saturated rings. The molecule has 0 aliphatic heterocycles. The van der Waals surface area contributed by atoms with Gasteiger partial charge in [0.25, 0.3) is 11.5 Å². The van der Waals surface area contributed by atoms with Crippen molar-refractivity contribution in [2.45, 2.75) is 32.7 Å². The molecule has 1 N–H and O–H groups in total. The Balaban J connectivity index is 1.64. The number of fused-ring (bicyclic) bond motifs is 1. The molecule has 0 unspecified atom stereocenters. The number of carbonyl (C=O) groups is 1. The molecule has 6 heteroatoms. The highest BCUT2D eigenvalue weighted by atomic mass is 16.5. The molecule has 0 aliphatic carbocycles. The Morgan fingerprint density at radius 1 is 1.07 bits per heavy atom. The zero-order valence-corrected chi connectivity index (χ0v) is 17.5. The maximum absolute atomic E-state index is 12.6. The van der Waals surface area contributed by atoms with E-state index in [9.17, 15) is 9.59 Å². The van der Waals surface area contributed by atoms with E-state index in [0.29, 0.717) is 29.7 Å². The SMILES string of the molecule is CCCCc1ccc(NC(=O)COc2cccc3c(=O)n(CCOC)ccc23)cc1. The van der Waals surface area contributed by atoms with Crippen molar-refractivity contribution in [2.24, 2.45) is 0 Å². The largest absolute Gasteiger partial charge is 0.483 e. The van der Waals surface area contributed by atoms with Gasteiger partial charge in [-0.05, 0) is 48.7 Å². The molecule has 30 heavy (non-hydrogen) atoms. The second kappa shape index (κ2) is 10.6. The van der Waals surface area contributed by atoms with Gasteiger partial charge in [0.1, 0.15) is 5.75 Å². The molecule has 0 saturated heterocycles. The van der Waals surface area contributed by atoms with E-state index in [0.717, 1.165) is 24.9 Å². The van der Waals surface area contributed by atoms with E-state index >= 15 is 0 Å². The van der Waals surface area contributed by atoms with Gasteiger partial charge in [0.2, 0.25) is 0 Å². The van der Waals surface area contributed by atoms with Crippen molar-refractivity contribution in [2.75, 3.05) is 25.6 Å². The van der Waals surface area contributed by atoms with Crippen LogP contribution in [0, 0.1) is 0 Å². The first-order chi connectivity index (χ1) is 14.6. The lowest BCUT2D eigenvalue weighted by atomic mass is 10.1. The van der Waals surface area contributed by atoms with Crippen LogP contribution in [-0.2, 0) is 22.5 Å². The lowest BCUT2D eigenvalue weighted by molar-refractivity contribution is -0.118. The number of methoxy groups -OCH3 is 1. The second-order valence-corrected chi connectivity index (χ2v) is 7.16.